The summed E-state index contributed by atoms with van der Waals surface area (Å²) < 4.78 is 0. The fourth-order valence-electron chi connectivity index (χ4n) is 0.473. The van der Waals surface area contributed by atoms with Crippen molar-refractivity contribution in [3.05, 3.63) is 13.8 Å². The molecule has 0 saturated carbocycles. The molecular weight excluding hydrogens is 311 g/mol. The molecule has 0 rings (SSSR count). The van der Waals surface area contributed by atoms with E-state index < -0.39 is 0 Å². The zero-order chi connectivity index (χ0) is 7.28. The first-order chi connectivity index (χ1) is 4.26. The smallest absolute Gasteiger partial charge is 0.385 e. The van der Waals surface area contributed by atoms with Crippen molar-refractivity contribution >= 4 is 14.4 Å². The summed E-state index contributed by atoms with van der Waals surface area (Å²) in [5.74, 6) is 0. The fraction of sp³-hybridized carbons (Fsp3) is 0.500. The number of amides is 2. The fourth-order valence-corrected chi connectivity index (χ4v) is 0.473. The number of carbonyl (C=O) groups is 1. The Labute approximate surface area is 84.7 Å². The van der Waals surface area contributed by atoms with Crippen LogP contribution in [-0.4, -0.2) is 39.5 Å². The molecular formula is C6H12BN2OW. The van der Waals surface area contributed by atoms with Crippen LogP contribution in [0.2, 0.25) is 0 Å². The van der Waals surface area contributed by atoms with Gasteiger partial charge >= 0.3 is 27.1 Å². The summed E-state index contributed by atoms with van der Waals surface area (Å²) in [5, 5.41) is 2.47. The summed E-state index contributed by atoms with van der Waals surface area (Å²) in [4.78, 5) is 12.2. The van der Waals surface area contributed by atoms with Crippen LogP contribution in [0.25, 0.3) is 0 Å². The van der Waals surface area contributed by atoms with Crippen molar-refractivity contribution in [2.75, 3.05) is 20.1 Å². The van der Waals surface area contributed by atoms with E-state index in [0.29, 0.717) is 13.1 Å². The zero-order valence-corrected chi connectivity index (χ0v) is 9.60. The van der Waals surface area contributed by atoms with Crippen molar-refractivity contribution in [1.29, 1.82) is 0 Å². The van der Waals surface area contributed by atoms with E-state index in [1.165, 1.54) is 4.90 Å². The standard InChI is InChI=1S/C6H12N2O.B.W/c1-4-8(5-2)6(9)7-3;;/h1-2,4-5H2,3H3,(H,7,9);;/q-2;;+2. The molecule has 0 saturated heterocycles. The monoisotopic (exact) mass is 323 g/mol. The molecule has 0 aliphatic carbocycles. The Bertz CT molecular complexity index is 98.6. The summed E-state index contributed by atoms with van der Waals surface area (Å²) in [5.41, 5.74) is 0. The summed E-state index contributed by atoms with van der Waals surface area (Å²) in [6, 6.07) is -0.125. The maximum absolute atomic E-state index is 10.7. The second-order valence-corrected chi connectivity index (χ2v) is 1.54. The molecule has 5 heteroatoms. The van der Waals surface area contributed by atoms with Crippen LogP contribution in [0.3, 0.4) is 0 Å². The van der Waals surface area contributed by atoms with Crippen molar-refractivity contribution in [1.82, 2.24) is 10.2 Å². The van der Waals surface area contributed by atoms with Crippen molar-refractivity contribution in [3.63, 3.8) is 0 Å². The normalized spacial score (nSPS) is 7.18. The zero-order valence-electron chi connectivity index (χ0n) is 6.67. The first-order valence-electron chi connectivity index (χ1n) is 2.81. The number of rotatable bonds is 2. The Morgan fingerprint density at radius 2 is 1.82 bits per heavy atom. The van der Waals surface area contributed by atoms with E-state index in [4.69, 9.17) is 0 Å². The van der Waals surface area contributed by atoms with Gasteiger partial charge in [-0.3, -0.25) is 0 Å². The van der Waals surface area contributed by atoms with Gasteiger partial charge in [0.15, 0.2) is 0 Å². The van der Waals surface area contributed by atoms with E-state index in [9.17, 15) is 4.79 Å². The molecule has 0 heterocycles. The van der Waals surface area contributed by atoms with Crippen molar-refractivity contribution in [2.24, 2.45) is 0 Å². The molecule has 0 aromatic heterocycles. The number of nitrogens with zero attached hydrogens (tertiary/aromatic N) is 1. The number of urea groups is 1. The third-order valence-corrected chi connectivity index (χ3v) is 1.04. The van der Waals surface area contributed by atoms with Crippen LogP contribution in [0.1, 0.15) is 0 Å². The molecule has 2 amide bonds. The first-order valence-corrected chi connectivity index (χ1v) is 2.81. The molecule has 0 fully saturated rings. The van der Waals surface area contributed by atoms with Gasteiger partial charge in [-0.05, 0) is 0 Å². The maximum Gasteiger partial charge on any atom is 2.00 e. The van der Waals surface area contributed by atoms with Crippen molar-refractivity contribution < 1.29 is 25.9 Å². The van der Waals surface area contributed by atoms with E-state index in [1.807, 2.05) is 0 Å². The Hall–Kier alpha value is 0.0232. The van der Waals surface area contributed by atoms with E-state index in [-0.39, 0.29) is 35.5 Å². The number of hydrogen-bond acceptors (Lipinski definition) is 1. The summed E-state index contributed by atoms with van der Waals surface area (Å²) in [7, 11) is 1.58. The minimum atomic E-state index is -0.125. The minimum Gasteiger partial charge on any atom is -0.385 e. The second-order valence-electron chi connectivity index (χ2n) is 1.54. The largest absolute Gasteiger partial charge is 2.00 e. The van der Waals surface area contributed by atoms with Crippen LogP contribution < -0.4 is 5.32 Å². The van der Waals surface area contributed by atoms with E-state index in [1.54, 1.807) is 7.05 Å². The van der Waals surface area contributed by atoms with Gasteiger partial charge in [-0.15, -0.1) is 13.1 Å². The van der Waals surface area contributed by atoms with E-state index >= 15 is 0 Å². The topological polar surface area (TPSA) is 32.3 Å². The van der Waals surface area contributed by atoms with Gasteiger partial charge in [0.1, 0.15) is 0 Å². The number of nitrogens with one attached hydrogen (secondary N) is 1. The quantitative estimate of drug-likeness (QED) is 0.559. The maximum atomic E-state index is 10.7. The Morgan fingerprint density at radius 1 is 1.45 bits per heavy atom. The summed E-state index contributed by atoms with van der Waals surface area (Å²) in [6.07, 6.45) is 0. The summed E-state index contributed by atoms with van der Waals surface area (Å²) >= 11 is 0. The number of carbonyl (C=O) groups excluding carboxylic acids is 1. The second kappa shape index (κ2) is 10.0. The first kappa shape index (κ1) is 17.2. The molecule has 61 valence electrons. The molecule has 0 spiro atoms. The average Bonchev–Trinajstić information content (AvgIpc) is 1.90. The molecule has 3 nitrogen and oxygen atoms in total. The van der Waals surface area contributed by atoms with Gasteiger partial charge in [-0.1, -0.05) is 0 Å². The van der Waals surface area contributed by atoms with Gasteiger partial charge in [0.25, 0.3) is 0 Å². The molecule has 0 aromatic carbocycles. The molecule has 0 aliphatic heterocycles. The molecule has 0 atom stereocenters. The van der Waals surface area contributed by atoms with E-state index in [0.717, 1.165) is 0 Å². The van der Waals surface area contributed by atoms with Crippen molar-refractivity contribution in [2.45, 2.75) is 0 Å². The predicted molar refractivity (Wildman–Crippen MR) is 42.5 cm³/mol. The molecule has 0 aliphatic rings. The Kier molecular flexibility index (Phi) is 15.7. The van der Waals surface area contributed by atoms with Crippen molar-refractivity contribution in [3.8, 4) is 0 Å². The van der Waals surface area contributed by atoms with Gasteiger partial charge in [0, 0.05) is 15.5 Å². The Morgan fingerprint density at radius 3 is 1.91 bits per heavy atom. The van der Waals surface area contributed by atoms with Gasteiger partial charge < -0.3 is 24.1 Å². The third kappa shape index (κ3) is 6.42. The molecule has 0 unspecified atom stereocenters. The third-order valence-electron chi connectivity index (χ3n) is 1.04. The number of hydrogen-bond donors (Lipinski definition) is 1. The van der Waals surface area contributed by atoms with Gasteiger partial charge in [-0.25, -0.2) is 4.79 Å². The predicted octanol–water partition coefficient (Wildman–Crippen LogP) is -0.0873. The van der Waals surface area contributed by atoms with Crippen LogP contribution in [-0.2, 0) is 21.1 Å². The summed E-state index contributed by atoms with van der Waals surface area (Å²) in [6.45, 7) is 8.02. The van der Waals surface area contributed by atoms with Crippen LogP contribution in [0, 0.1) is 13.8 Å². The van der Waals surface area contributed by atoms with Crippen LogP contribution in [0.4, 0.5) is 4.79 Å². The van der Waals surface area contributed by atoms with E-state index in [2.05, 4.69) is 19.2 Å². The van der Waals surface area contributed by atoms with Crippen LogP contribution in [0.5, 0.6) is 0 Å². The van der Waals surface area contributed by atoms with Gasteiger partial charge in [0.2, 0.25) is 0 Å². The SMILES string of the molecule is [B].[CH2-]CN(C[CH2-])C(=O)NC.[W+2]. The van der Waals surface area contributed by atoms with Gasteiger partial charge in [0.05, 0.1) is 0 Å². The average molecular weight is 323 g/mol. The molecule has 11 heavy (non-hydrogen) atoms. The Balaban J connectivity index is -0.000000320. The molecule has 3 radical (unpaired) electrons. The molecule has 0 aromatic rings. The molecule has 1 N–H and O–H groups in total. The van der Waals surface area contributed by atoms with Crippen LogP contribution in [0.15, 0.2) is 0 Å². The van der Waals surface area contributed by atoms with Gasteiger partial charge in [-0.2, -0.15) is 0 Å². The van der Waals surface area contributed by atoms with Crippen LogP contribution >= 0.6 is 0 Å². The minimum absolute atomic E-state index is 0. The molecule has 0 bridgehead atoms.